The van der Waals surface area contributed by atoms with Crippen molar-refractivity contribution in [2.45, 2.75) is 45.2 Å². The summed E-state index contributed by atoms with van der Waals surface area (Å²) in [5.74, 6) is 1.05. The Morgan fingerprint density at radius 1 is 1.29 bits per heavy atom. The second-order valence-corrected chi connectivity index (χ2v) is 5.65. The van der Waals surface area contributed by atoms with Crippen LogP contribution >= 0.6 is 0 Å². The maximum absolute atomic E-state index is 12.6. The first kappa shape index (κ1) is 15.8. The zero-order valence-corrected chi connectivity index (χ0v) is 13.3. The second kappa shape index (κ2) is 7.46. The average molecular weight is 290 g/mol. The summed E-state index contributed by atoms with van der Waals surface area (Å²) in [5.41, 5.74) is 1.04. The highest BCUT2D eigenvalue weighted by atomic mass is 16.5. The van der Waals surface area contributed by atoms with Crippen LogP contribution in [-0.4, -0.2) is 43.1 Å². The van der Waals surface area contributed by atoms with Crippen molar-refractivity contribution >= 4 is 5.91 Å². The highest BCUT2D eigenvalue weighted by molar-refractivity contribution is 5.79. The summed E-state index contributed by atoms with van der Waals surface area (Å²) in [6, 6.07) is 8.50. The van der Waals surface area contributed by atoms with Crippen LogP contribution in [0.5, 0.6) is 5.75 Å². The van der Waals surface area contributed by atoms with E-state index in [0.717, 1.165) is 37.2 Å². The van der Waals surface area contributed by atoms with Crippen molar-refractivity contribution in [3.63, 3.8) is 0 Å². The summed E-state index contributed by atoms with van der Waals surface area (Å²) in [5, 5.41) is 3.52. The maximum atomic E-state index is 12.6. The molecular formula is C17H26N2O2. The lowest BCUT2D eigenvalue weighted by atomic mass is 10.0. The number of nitrogens with zero attached hydrogens (tertiary/aromatic N) is 1. The fourth-order valence-corrected chi connectivity index (χ4v) is 2.83. The minimum absolute atomic E-state index is 0.229. The van der Waals surface area contributed by atoms with E-state index in [1.807, 2.05) is 24.3 Å². The predicted octanol–water partition coefficient (Wildman–Crippen LogP) is 2.23. The van der Waals surface area contributed by atoms with Gasteiger partial charge in [0.2, 0.25) is 5.91 Å². The molecule has 1 fully saturated rings. The lowest BCUT2D eigenvalue weighted by molar-refractivity contribution is -0.134. The molecule has 1 aliphatic rings. The molecule has 2 atom stereocenters. The van der Waals surface area contributed by atoms with E-state index in [1.165, 1.54) is 0 Å². The van der Waals surface area contributed by atoms with Gasteiger partial charge in [0.05, 0.1) is 13.5 Å². The van der Waals surface area contributed by atoms with Gasteiger partial charge in [-0.15, -0.1) is 0 Å². The van der Waals surface area contributed by atoms with Crippen LogP contribution in [0.4, 0.5) is 0 Å². The SMILES string of the molecule is CCC1CN(C(=O)Cc2ccc(OC)cc2)C(CC)CN1. The van der Waals surface area contributed by atoms with E-state index in [2.05, 4.69) is 24.1 Å². The number of hydrogen-bond donors (Lipinski definition) is 1. The molecular weight excluding hydrogens is 264 g/mol. The lowest BCUT2D eigenvalue weighted by Gasteiger charge is -2.40. The minimum atomic E-state index is 0.229. The topological polar surface area (TPSA) is 41.6 Å². The van der Waals surface area contributed by atoms with E-state index >= 15 is 0 Å². The van der Waals surface area contributed by atoms with Gasteiger partial charge in [0.15, 0.2) is 0 Å². The molecule has 2 unspecified atom stereocenters. The van der Waals surface area contributed by atoms with Crippen LogP contribution in [0, 0.1) is 0 Å². The third kappa shape index (κ3) is 3.97. The van der Waals surface area contributed by atoms with Gasteiger partial charge < -0.3 is 15.0 Å². The zero-order chi connectivity index (χ0) is 15.2. The molecule has 21 heavy (non-hydrogen) atoms. The number of methoxy groups -OCH3 is 1. The monoisotopic (exact) mass is 290 g/mol. The number of ether oxygens (including phenoxy) is 1. The highest BCUT2D eigenvalue weighted by Crippen LogP contribution is 2.16. The molecule has 1 N–H and O–H groups in total. The highest BCUT2D eigenvalue weighted by Gasteiger charge is 2.29. The quantitative estimate of drug-likeness (QED) is 0.904. The first-order valence-corrected chi connectivity index (χ1v) is 7.83. The first-order chi connectivity index (χ1) is 10.2. The van der Waals surface area contributed by atoms with E-state index in [9.17, 15) is 4.79 Å². The Labute approximate surface area is 127 Å². The molecule has 4 heteroatoms. The number of benzene rings is 1. The van der Waals surface area contributed by atoms with Gasteiger partial charge in [0.25, 0.3) is 0 Å². The van der Waals surface area contributed by atoms with Crippen molar-refractivity contribution in [2.75, 3.05) is 20.2 Å². The molecule has 0 bridgehead atoms. The molecule has 1 saturated heterocycles. The Morgan fingerprint density at radius 2 is 2.00 bits per heavy atom. The normalized spacial score (nSPS) is 22.1. The first-order valence-electron chi connectivity index (χ1n) is 7.83. The van der Waals surface area contributed by atoms with Crippen molar-refractivity contribution < 1.29 is 9.53 Å². The van der Waals surface area contributed by atoms with Crippen LogP contribution in [0.1, 0.15) is 32.3 Å². The van der Waals surface area contributed by atoms with Crippen LogP contribution in [-0.2, 0) is 11.2 Å². The Hall–Kier alpha value is -1.55. The average Bonchev–Trinajstić information content (AvgIpc) is 2.54. The summed E-state index contributed by atoms with van der Waals surface area (Å²) in [6.45, 7) is 6.04. The van der Waals surface area contributed by atoms with E-state index in [1.54, 1.807) is 7.11 Å². The van der Waals surface area contributed by atoms with E-state index in [4.69, 9.17) is 4.74 Å². The number of carbonyl (C=O) groups excluding carboxylic acids is 1. The lowest BCUT2D eigenvalue weighted by Crippen LogP contribution is -2.58. The van der Waals surface area contributed by atoms with Gasteiger partial charge in [-0.25, -0.2) is 0 Å². The Morgan fingerprint density at radius 3 is 2.57 bits per heavy atom. The Bertz CT molecular complexity index is 458. The third-order valence-corrected chi connectivity index (χ3v) is 4.30. The molecule has 1 amide bonds. The van der Waals surface area contributed by atoms with Crippen molar-refractivity contribution in [2.24, 2.45) is 0 Å². The second-order valence-electron chi connectivity index (χ2n) is 5.65. The molecule has 116 valence electrons. The summed E-state index contributed by atoms with van der Waals surface area (Å²) in [6.07, 6.45) is 2.53. The number of amides is 1. The van der Waals surface area contributed by atoms with Crippen LogP contribution in [0.25, 0.3) is 0 Å². The molecule has 1 heterocycles. The van der Waals surface area contributed by atoms with E-state index in [-0.39, 0.29) is 5.91 Å². The molecule has 1 aromatic carbocycles. The minimum Gasteiger partial charge on any atom is -0.497 e. The van der Waals surface area contributed by atoms with Crippen LogP contribution in [0.2, 0.25) is 0 Å². The smallest absolute Gasteiger partial charge is 0.227 e. The van der Waals surface area contributed by atoms with Crippen molar-refractivity contribution in [3.8, 4) is 5.75 Å². The summed E-state index contributed by atoms with van der Waals surface area (Å²) < 4.78 is 5.15. The van der Waals surface area contributed by atoms with Crippen LogP contribution < -0.4 is 10.1 Å². The molecule has 0 radical (unpaired) electrons. The molecule has 1 aliphatic heterocycles. The maximum Gasteiger partial charge on any atom is 0.227 e. The summed E-state index contributed by atoms with van der Waals surface area (Å²) in [7, 11) is 1.65. The summed E-state index contributed by atoms with van der Waals surface area (Å²) >= 11 is 0. The molecule has 1 aromatic rings. The van der Waals surface area contributed by atoms with Gasteiger partial charge in [-0.1, -0.05) is 26.0 Å². The van der Waals surface area contributed by atoms with Crippen molar-refractivity contribution in [3.05, 3.63) is 29.8 Å². The van der Waals surface area contributed by atoms with Crippen LogP contribution in [0.3, 0.4) is 0 Å². The molecule has 4 nitrogen and oxygen atoms in total. The van der Waals surface area contributed by atoms with Gasteiger partial charge in [0, 0.05) is 25.2 Å². The fraction of sp³-hybridized carbons (Fsp3) is 0.588. The van der Waals surface area contributed by atoms with Crippen molar-refractivity contribution in [1.82, 2.24) is 10.2 Å². The molecule has 0 aliphatic carbocycles. The zero-order valence-electron chi connectivity index (χ0n) is 13.3. The van der Waals surface area contributed by atoms with E-state index in [0.29, 0.717) is 18.5 Å². The number of rotatable bonds is 5. The van der Waals surface area contributed by atoms with E-state index < -0.39 is 0 Å². The van der Waals surface area contributed by atoms with Crippen LogP contribution in [0.15, 0.2) is 24.3 Å². The molecule has 0 spiro atoms. The summed E-state index contributed by atoms with van der Waals surface area (Å²) in [4.78, 5) is 14.7. The largest absolute Gasteiger partial charge is 0.497 e. The van der Waals surface area contributed by atoms with Gasteiger partial charge >= 0.3 is 0 Å². The number of hydrogen-bond acceptors (Lipinski definition) is 3. The molecule has 2 rings (SSSR count). The fourth-order valence-electron chi connectivity index (χ4n) is 2.83. The number of piperazine rings is 1. The van der Waals surface area contributed by atoms with Gasteiger partial charge in [0.1, 0.15) is 5.75 Å². The Balaban J connectivity index is 2.02. The molecule has 0 aromatic heterocycles. The van der Waals surface area contributed by atoms with Crippen molar-refractivity contribution in [1.29, 1.82) is 0 Å². The predicted molar refractivity (Wildman–Crippen MR) is 84.6 cm³/mol. The van der Waals surface area contributed by atoms with Gasteiger partial charge in [-0.2, -0.15) is 0 Å². The number of carbonyl (C=O) groups is 1. The Kier molecular flexibility index (Phi) is 5.62. The standard InChI is InChI=1S/C17H26N2O2/c1-4-14-12-19(15(5-2)11-18-14)17(20)10-13-6-8-16(21-3)9-7-13/h6-9,14-15,18H,4-5,10-12H2,1-3H3. The number of nitrogens with one attached hydrogen (secondary N) is 1. The third-order valence-electron chi connectivity index (χ3n) is 4.30. The van der Waals surface area contributed by atoms with Gasteiger partial charge in [-0.3, -0.25) is 4.79 Å². The molecule has 0 saturated carbocycles. The van der Waals surface area contributed by atoms with Gasteiger partial charge in [-0.05, 0) is 30.5 Å².